The van der Waals surface area contributed by atoms with E-state index in [0.29, 0.717) is 17.3 Å². The Morgan fingerprint density at radius 2 is 2.31 bits per heavy atom. The van der Waals surface area contributed by atoms with E-state index in [0.717, 1.165) is 12.2 Å². The Morgan fingerprint density at radius 1 is 1.56 bits per heavy atom. The molecule has 0 aliphatic heterocycles. The minimum atomic E-state index is -0.375. The minimum absolute atomic E-state index is 0.313. The van der Waals surface area contributed by atoms with Crippen LogP contribution in [0, 0.1) is 17.1 Å². The Morgan fingerprint density at radius 3 is 2.88 bits per heavy atom. The molecule has 0 saturated carbocycles. The van der Waals surface area contributed by atoms with Gasteiger partial charge >= 0.3 is 0 Å². The summed E-state index contributed by atoms with van der Waals surface area (Å²) in [5, 5.41) is 12.2. The van der Waals surface area contributed by atoms with Crippen molar-refractivity contribution >= 4 is 17.4 Å². The molecule has 0 fully saturated rings. The predicted octanol–water partition coefficient (Wildman–Crippen LogP) is 3.25. The summed E-state index contributed by atoms with van der Waals surface area (Å²) in [5.41, 5.74) is 1.07. The highest BCUT2D eigenvalue weighted by Gasteiger charge is 2.09. The lowest BCUT2D eigenvalue weighted by Crippen LogP contribution is -2.21. The number of halogens is 1. The fourth-order valence-corrected chi connectivity index (χ4v) is 2.14. The minimum Gasteiger partial charge on any atom is -0.380 e. The molecule has 1 atom stereocenters. The van der Waals surface area contributed by atoms with Gasteiger partial charge in [-0.25, -0.2) is 4.39 Å². The molecule has 0 heterocycles. The lowest BCUT2D eigenvalue weighted by Gasteiger charge is -2.17. The molecule has 86 valence electrons. The van der Waals surface area contributed by atoms with Crippen LogP contribution in [0.15, 0.2) is 18.2 Å². The summed E-state index contributed by atoms with van der Waals surface area (Å²) in [6, 6.07) is 6.56. The van der Waals surface area contributed by atoms with Crippen molar-refractivity contribution in [3.05, 3.63) is 29.6 Å². The van der Waals surface area contributed by atoms with E-state index in [1.807, 2.05) is 12.3 Å². The Bertz CT molecular complexity index is 387. The van der Waals surface area contributed by atoms with Gasteiger partial charge in [-0.2, -0.15) is 17.0 Å². The summed E-state index contributed by atoms with van der Waals surface area (Å²) >= 11 is 1.75. The molecular formula is C12H15FN2S. The second kappa shape index (κ2) is 6.39. The quantitative estimate of drug-likeness (QED) is 0.855. The molecule has 0 spiro atoms. The van der Waals surface area contributed by atoms with Crippen LogP contribution in [-0.2, 0) is 0 Å². The number of nitrogens with zero attached hydrogens (tertiary/aromatic N) is 1. The number of anilines is 1. The first-order valence-corrected chi connectivity index (χ1v) is 6.55. The third kappa shape index (κ3) is 3.42. The molecule has 4 heteroatoms. The molecule has 1 unspecified atom stereocenters. The van der Waals surface area contributed by atoms with Crippen LogP contribution < -0.4 is 5.32 Å². The molecule has 0 amide bonds. The van der Waals surface area contributed by atoms with Crippen molar-refractivity contribution in [2.24, 2.45) is 0 Å². The van der Waals surface area contributed by atoms with Crippen LogP contribution in [0.25, 0.3) is 0 Å². The summed E-state index contributed by atoms with van der Waals surface area (Å²) in [6.07, 6.45) is 3.02. The number of rotatable bonds is 5. The van der Waals surface area contributed by atoms with E-state index in [2.05, 4.69) is 12.2 Å². The summed E-state index contributed by atoms with van der Waals surface area (Å²) in [7, 11) is 0. The van der Waals surface area contributed by atoms with E-state index in [-0.39, 0.29) is 5.82 Å². The molecule has 1 aromatic carbocycles. The zero-order valence-electron chi connectivity index (χ0n) is 9.46. The van der Waals surface area contributed by atoms with E-state index < -0.39 is 0 Å². The normalized spacial score (nSPS) is 11.9. The van der Waals surface area contributed by atoms with E-state index in [1.54, 1.807) is 17.8 Å². The van der Waals surface area contributed by atoms with E-state index in [1.165, 1.54) is 12.1 Å². The van der Waals surface area contributed by atoms with Gasteiger partial charge in [0, 0.05) is 11.8 Å². The molecule has 2 nitrogen and oxygen atoms in total. The zero-order chi connectivity index (χ0) is 12.0. The number of benzene rings is 1. The van der Waals surface area contributed by atoms with Gasteiger partial charge in [0.25, 0.3) is 0 Å². The maximum atomic E-state index is 12.9. The van der Waals surface area contributed by atoms with Crippen molar-refractivity contribution < 1.29 is 4.39 Å². The standard InChI is InChI=1S/C12H15FN2S/c1-3-11(8-16-2)15-12-5-4-10(13)6-9(12)7-14/h4-6,11,15H,3,8H2,1-2H3. The summed E-state index contributed by atoms with van der Waals surface area (Å²) < 4.78 is 12.9. The van der Waals surface area contributed by atoms with Crippen molar-refractivity contribution in [1.82, 2.24) is 0 Å². The lowest BCUT2D eigenvalue weighted by molar-refractivity contribution is 0.627. The lowest BCUT2D eigenvalue weighted by atomic mass is 10.1. The van der Waals surface area contributed by atoms with Gasteiger partial charge < -0.3 is 5.32 Å². The average molecular weight is 238 g/mol. The second-order valence-corrected chi connectivity index (χ2v) is 4.42. The fraction of sp³-hybridized carbons (Fsp3) is 0.417. The smallest absolute Gasteiger partial charge is 0.124 e. The van der Waals surface area contributed by atoms with Crippen molar-refractivity contribution in [2.75, 3.05) is 17.3 Å². The Balaban J connectivity index is 2.83. The van der Waals surface area contributed by atoms with Crippen molar-refractivity contribution in [1.29, 1.82) is 5.26 Å². The van der Waals surface area contributed by atoms with Gasteiger partial charge in [-0.05, 0) is 30.9 Å². The van der Waals surface area contributed by atoms with Gasteiger partial charge in [-0.3, -0.25) is 0 Å². The highest BCUT2D eigenvalue weighted by molar-refractivity contribution is 7.98. The number of thioether (sulfide) groups is 1. The van der Waals surface area contributed by atoms with E-state index in [4.69, 9.17) is 5.26 Å². The number of hydrogen-bond acceptors (Lipinski definition) is 3. The van der Waals surface area contributed by atoms with E-state index in [9.17, 15) is 4.39 Å². The molecule has 0 aliphatic rings. The zero-order valence-corrected chi connectivity index (χ0v) is 10.3. The van der Waals surface area contributed by atoms with Crippen LogP contribution in [0.3, 0.4) is 0 Å². The maximum Gasteiger partial charge on any atom is 0.124 e. The molecule has 1 N–H and O–H groups in total. The van der Waals surface area contributed by atoms with Crippen molar-refractivity contribution in [3.8, 4) is 6.07 Å². The topological polar surface area (TPSA) is 35.8 Å². The predicted molar refractivity (Wildman–Crippen MR) is 67.2 cm³/mol. The third-order valence-corrected chi connectivity index (χ3v) is 3.06. The Labute approximate surface area is 99.9 Å². The van der Waals surface area contributed by atoms with Crippen LogP contribution >= 0.6 is 11.8 Å². The largest absolute Gasteiger partial charge is 0.380 e. The molecule has 0 bridgehead atoms. The third-order valence-electron chi connectivity index (χ3n) is 2.32. The van der Waals surface area contributed by atoms with Gasteiger partial charge in [0.2, 0.25) is 0 Å². The summed E-state index contributed by atoms with van der Waals surface area (Å²) in [5.74, 6) is 0.596. The maximum absolute atomic E-state index is 12.9. The van der Waals surface area contributed by atoms with Crippen LogP contribution in [-0.4, -0.2) is 18.1 Å². The molecule has 1 aromatic rings. The summed E-state index contributed by atoms with van der Waals surface area (Å²) in [6.45, 7) is 2.09. The molecule has 0 radical (unpaired) electrons. The molecule has 0 saturated heterocycles. The first-order chi connectivity index (χ1) is 7.71. The fourth-order valence-electron chi connectivity index (χ4n) is 1.42. The van der Waals surface area contributed by atoms with E-state index >= 15 is 0 Å². The Hall–Kier alpha value is -1.21. The first-order valence-electron chi connectivity index (χ1n) is 5.16. The van der Waals surface area contributed by atoms with Gasteiger partial charge in [0.15, 0.2) is 0 Å². The van der Waals surface area contributed by atoms with Crippen LogP contribution in [0.1, 0.15) is 18.9 Å². The molecule has 1 rings (SSSR count). The molecule has 0 aliphatic carbocycles. The van der Waals surface area contributed by atoms with Gasteiger partial charge in [0.1, 0.15) is 11.9 Å². The highest BCUT2D eigenvalue weighted by Crippen LogP contribution is 2.18. The van der Waals surface area contributed by atoms with Gasteiger partial charge in [-0.15, -0.1) is 0 Å². The van der Waals surface area contributed by atoms with Gasteiger partial charge in [-0.1, -0.05) is 6.92 Å². The second-order valence-electron chi connectivity index (χ2n) is 3.51. The molecular weight excluding hydrogens is 223 g/mol. The van der Waals surface area contributed by atoms with Crippen LogP contribution in [0.5, 0.6) is 0 Å². The number of nitrogens with one attached hydrogen (secondary N) is 1. The van der Waals surface area contributed by atoms with Crippen molar-refractivity contribution in [3.63, 3.8) is 0 Å². The van der Waals surface area contributed by atoms with Crippen molar-refractivity contribution in [2.45, 2.75) is 19.4 Å². The first kappa shape index (κ1) is 12.9. The Kier molecular flexibility index (Phi) is 5.13. The van der Waals surface area contributed by atoms with Gasteiger partial charge in [0.05, 0.1) is 11.3 Å². The number of nitriles is 1. The van der Waals surface area contributed by atoms with Crippen LogP contribution in [0.2, 0.25) is 0 Å². The molecule has 16 heavy (non-hydrogen) atoms. The summed E-state index contributed by atoms with van der Waals surface area (Å²) in [4.78, 5) is 0. The monoisotopic (exact) mass is 238 g/mol. The molecule has 0 aromatic heterocycles. The average Bonchev–Trinajstić information content (AvgIpc) is 2.30. The SMILES string of the molecule is CCC(CSC)Nc1ccc(F)cc1C#N. The van der Waals surface area contributed by atoms with Crippen LogP contribution in [0.4, 0.5) is 10.1 Å². The number of hydrogen-bond donors (Lipinski definition) is 1. The highest BCUT2D eigenvalue weighted by atomic mass is 32.2.